The van der Waals surface area contributed by atoms with Crippen molar-refractivity contribution < 1.29 is 28.5 Å². The molecule has 0 radical (unpaired) electrons. The fourth-order valence-electron chi connectivity index (χ4n) is 5.80. The molecule has 0 aliphatic carbocycles. The van der Waals surface area contributed by atoms with Gasteiger partial charge in [0.1, 0.15) is 30.7 Å². The Morgan fingerprint density at radius 1 is 1.00 bits per heavy atom. The zero-order valence-electron chi connectivity index (χ0n) is 23.2. The van der Waals surface area contributed by atoms with Gasteiger partial charge in [-0.2, -0.15) is 5.06 Å². The number of benzene rings is 1. The zero-order chi connectivity index (χ0) is 25.8. The maximum Gasteiger partial charge on any atom is 0.172 e. The molecule has 4 rings (SSSR count). The molecule has 0 bridgehead atoms. The lowest BCUT2D eigenvalue weighted by atomic mass is 9.73. The van der Waals surface area contributed by atoms with Crippen LogP contribution in [0.2, 0.25) is 0 Å². The molecule has 3 aliphatic heterocycles. The maximum atomic E-state index is 6.80. The average Bonchev–Trinajstić information content (AvgIpc) is 3.63. The molecule has 1 spiro atoms. The Kier molecular flexibility index (Phi) is 9.01. The van der Waals surface area contributed by atoms with Crippen LogP contribution in [0.1, 0.15) is 91.7 Å². The van der Waals surface area contributed by atoms with Gasteiger partial charge in [-0.25, -0.2) is 0 Å². The third kappa shape index (κ3) is 6.43. The smallest absolute Gasteiger partial charge is 0.172 e. The van der Waals surface area contributed by atoms with Gasteiger partial charge in [-0.1, -0.05) is 39.3 Å². The first kappa shape index (κ1) is 27.8. The van der Waals surface area contributed by atoms with Crippen LogP contribution in [0.15, 0.2) is 24.3 Å². The quantitative estimate of drug-likeness (QED) is 0.247. The predicted molar refractivity (Wildman–Crippen MR) is 139 cm³/mol. The minimum atomic E-state index is -0.596. The van der Waals surface area contributed by atoms with E-state index in [1.54, 1.807) is 0 Å². The Morgan fingerprint density at radius 2 is 1.72 bits per heavy atom. The number of epoxide rings is 1. The molecule has 0 amide bonds. The van der Waals surface area contributed by atoms with E-state index in [-0.39, 0.29) is 29.4 Å². The molecule has 0 N–H and O–H groups in total. The van der Waals surface area contributed by atoms with Crippen molar-refractivity contribution in [1.82, 2.24) is 5.06 Å². The monoisotopic (exact) mass is 505 g/mol. The molecular formula is C29H47NO6. The van der Waals surface area contributed by atoms with Crippen LogP contribution in [0.4, 0.5) is 0 Å². The summed E-state index contributed by atoms with van der Waals surface area (Å²) in [5, 5.41) is 2.27. The highest BCUT2D eigenvalue weighted by Gasteiger charge is 2.60. The lowest BCUT2D eigenvalue weighted by Gasteiger charge is -2.59. The molecule has 7 nitrogen and oxygen atoms in total. The van der Waals surface area contributed by atoms with Crippen molar-refractivity contribution in [2.45, 2.75) is 115 Å². The lowest BCUT2D eigenvalue weighted by Crippen LogP contribution is -2.67. The van der Waals surface area contributed by atoms with E-state index < -0.39 is 5.79 Å². The standard InChI is InChI=1S/C29H47NO6/c1-7-10-15-31-16-26-19-34-29(35-26)20-27(5,6)30(28(8-2,9-3)21-29)36-22(4)23-11-13-24(14-12-23)32-17-25-18-33-25/h11-14,22,25-26H,7-10,15-21H2,1-6H3. The van der Waals surface area contributed by atoms with E-state index in [2.05, 4.69) is 58.7 Å². The molecular weight excluding hydrogens is 458 g/mol. The second-order valence-electron chi connectivity index (χ2n) is 11.4. The summed E-state index contributed by atoms with van der Waals surface area (Å²) in [6.45, 7) is 16.7. The second-order valence-corrected chi connectivity index (χ2v) is 11.4. The molecule has 3 heterocycles. The molecule has 4 unspecified atom stereocenters. The van der Waals surface area contributed by atoms with Crippen molar-refractivity contribution in [2.75, 3.05) is 33.0 Å². The van der Waals surface area contributed by atoms with Gasteiger partial charge in [0.05, 0.1) is 25.4 Å². The number of rotatable bonds is 13. The largest absolute Gasteiger partial charge is 0.491 e. The van der Waals surface area contributed by atoms with E-state index in [0.29, 0.717) is 19.8 Å². The molecule has 1 aromatic carbocycles. The average molecular weight is 506 g/mol. The first-order valence-corrected chi connectivity index (χ1v) is 14.0. The Morgan fingerprint density at radius 3 is 2.36 bits per heavy atom. The molecule has 204 valence electrons. The first-order chi connectivity index (χ1) is 17.2. The number of unbranched alkanes of at least 4 members (excludes halogenated alkanes) is 1. The number of piperidine rings is 1. The number of nitrogens with zero attached hydrogens (tertiary/aromatic N) is 1. The molecule has 7 heteroatoms. The highest BCUT2D eigenvalue weighted by atomic mass is 16.8. The van der Waals surface area contributed by atoms with Crippen LogP contribution in [0.25, 0.3) is 0 Å². The molecule has 3 fully saturated rings. The van der Waals surface area contributed by atoms with E-state index in [1.807, 2.05) is 12.1 Å². The summed E-state index contributed by atoms with van der Waals surface area (Å²) in [7, 11) is 0. The van der Waals surface area contributed by atoms with Gasteiger partial charge in [-0.3, -0.25) is 4.84 Å². The van der Waals surface area contributed by atoms with Gasteiger partial charge in [0.25, 0.3) is 0 Å². The van der Waals surface area contributed by atoms with Crippen LogP contribution in [-0.4, -0.2) is 67.2 Å². The van der Waals surface area contributed by atoms with Crippen LogP contribution in [-0.2, 0) is 23.8 Å². The lowest BCUT2D eigenvalue weighted by molar-refractivity contribution is -0.360. The van der Waals surface area contributed by atoms with Gasteiger partial charge in [0.15, 0.2) is 5.79 Å². The van der Waals surface area contributed by atoms with Gasteiger partial charge in [0, 0.05) is 25.0 Å². The van der Waals surface area contributed by atoms with Gasteiger partial charge < -0.3 is 23.7 Å². The molecule has 3 aliphatic rings. The molecule has 36 heavy (non-hydrogen) atoms. The van der Waals surface area contributed by atoms with Crippen LogP contribution in [0.5, 0.6) is 5.75 Å². The number of hydroxylamine groups is 2. The number of hydrogen-bond donors (Lipinski definition) is 0. The van der Waals surface area contributed by atoms with E-state index in [4.69, 9.17) is 28.5 Å². The number of ether oxygens (including phenoxy) is 5. The first-order valence-electron chi connectivity index (χ1n) is 14.0. The third-order valence-electron chi connectivity index (χ3n) is 7.91. The maximum absolute atomic E-state index is 6.80. The summed E-state index contributed by atoms with van der Waals surface area (Å²) in [6, 6.07) is 8.23. The van der Waals surface area contributed by atoms with E-state index >= 15 is 0 Å². The van der Waals surface area contributed by atoms with Crippen molar-refractivity contribution >= 4 is 0 Å². The van der Waals surface area contributed by atoms with Gasteiger partial charge in [0.2, 0.25) is 0 Å². The van der Waals surface area contributed by atoms with E-state index in [9.17, 15) is 0 Å². The number of hydrogen-bond acceptors (Lipinski definition) is 7. The van der Waals surface area contributed by atoms with E-state index in [0.717, 1.165) is 63.1 Å². The third-order valence-corrected chi connectivity index (χ3v) is 7.91. The minimum absolute atomic E-state index is 0.0114. The van der Waals surface area contributed by atoms with E-state index in [1.165, 1.54) is 0 Å². The highest BCUT2D eigenvalue weighted by molar-refractivity contribution is 5.28. The SMILES string of the molecule is CCCCOCC1COC2(CC(C)(C)N(OC(C)c3ccc(OCC4CO4)cc3)C(CC)(CC)C2)O1. The summed E-state index contributed by atoms with van der Waals surface area (Å²) < 4.78 is 29.9. The van der Waals surface area contributed by atoms with Crippen LogP contribution >= 0.6 is 0 Å². The summed E-state index contributed by atoms with van der Waals surface area (Å²) in [5.41, 5.74) is 0.658. The summed E-state index contributed by atoms with van der Waals surface area (Å²) in [5.74, 6) is 0.267. The summed E-state index contributed by atoms with van der Waals surface area (Å²) in [4.78, 5) is 6.80. The Hall–Kier alpha value is -1.22. The van der Waals surface area contributed by atoms with Crippen molar-refractivity contribution in [3.63, 3.8) is 0 Å². The minimum Gasteiger partial charge on any atom is -0.491 e. The normalized spacial score (nSPS) is 29.9. The van der Waals surface area contributed by atoms with Crippen LogP contribution < -0.4 is 4.74 Å². The summed E-state index contributed by atoms with van der Waals surface area (Å²) >= 11 is 0. The molecule has 1 aromatic rings. The summed E-state index contributed by atoms with van der Waals surface area (Å²) in [6.07, 6.45) is 5.78. The molecule has 0 aromatic heterocycles. The zero-order valence-corrected chi connectivity index (χ0v) is 23.2. The highest BCUT2D eigenvalue weighted by Crippen LogP contribution is 2.52. The second kappa shape index (κ2) is 11.7. The molecule has 3 saturated heterocycles. The van der Waals surface area contributed by atoms with Crippen molar-refractivity contribution in [3.8, 4) is 5.75 Å². The Labute approximate surface area is 217 Å². The van der Waals surface area contributed by atoms with Crippen molar-refractivity contribution in [2.24, 2.45) is 0 Å². The molecule has 0 saturated carbocycles. The topological polar surface area (TPSA) is 61.9 Å². The van der Waals surface area contributed by atoms with Gasteiger partial charge in [-0.15, -0.1) is 0 Å². The fourth-order valence-corrected chi connectivity index (χ4v) is 5.80. The fraction of sp³-hybridized carbons (Fsp3) is 0.793. The molecule has 4 atom stereocenters. The predicted octanol–water partition coefficient (Wildman–Crippen LogP) is 5.82. The van der Waals surface area contributed by atoms with Gasteiger partial charge >= 0.3 is 0 Å². The Bertz CT molecular complexity index is 822. The Balaban J connectivity index is 1.43. The van der Waals surface area contributed by atoms with Crippen LogP contribution in [0.3, 0.4) is 0 Å². The van der Waals surface area contributed by atoms with Crippen molar-refractivity contribution in [1.29, 1.82) is 0 Å². The van der Waals surface area contributed by atoms with Crippen LogP contribution in [0, 0.1) is 0 Å². The van der Waals surface area contributed by atoms with Gasteiger partial charge in [-0.05, 0) is 57.7 Å². The van der Waals surface area contributed by atoms with Crippen molar-refractivity contribution in [3.05, 3.63) is 29.8 Å².